The third-order valence-electron chi connectivity index (χ3n) is 3.73. The molecule has 124 valence electrons. The van der Waals surface area contributed by atoms with Crippen molar-refractivity contribution in [3.05, 3.63) is 91.8 Å². The van der Waals surface area contributed by atoms with Gasteiger partial charge in [-0.3, -0.25) is 19.7 Å². The van der Waals surface area contributed by atoms with Gasteiger partial charge in [0.15, 0.2) is 11.2 Å². The maximum absolute atomic E-state index is 12.5. The van der Waals surface area contributed by atoms with E-state index < -0.39 is 4.92 Å². The number of allylic oxidation sites excluding steroid dienone is 1. The van der Waals surface area contributed by atoms with E-state index in [1.807, 2.05) is 13.0 Å². The van der Waals surface area contributed by atoms with Gasteiger partial charge < -0.3 is 4.42 Å². The molecule has 25 heavy (non-hydrogen) atoms. The molecule has 6 heteroatoms. The number of fused-ring (bicyclic) bond motifs is 1. The van der Waals surface area contributed by atoms with E-state index in [1.54, 1.807) is 12.1 Å². The molecule has 0 aliphatic rings. The van der Waals surface area contributed by atoms with E-state index >= 15 is 0 Å². The Morgan fingerprint density at radius 1 is 1.16 bits per heavy atom. The van der Waals surface area contributed by atoms with Crippen LogP contribution in [0.2, 0.25) is 0 Å². The first-order valence-corrected chi connectivity index (χ1v) is 7.45. The van der Waals surface area contributed by atoms with Crippen LogP contribution in [-0.4, -0.2) is 10.7 Å². The highest BCUT2D eigenvalue weighted by Crippen LogP contribution is 2.15. The molecule has 0 radical (unpaired) electrons. The number of carbonyl (C=O) groups excluding carboxylic acids is 1. The molecule has 0 amide bonds. The minimum atomic E-state index is -0.535. The summed E-state index contributed by atoms with van der Waals surface area (Å²) in [6.07, 6.45) is 3.94. The monoisotopic (exact) mass is 335 g/mol. The number of hydrogen-bond acceptors (Lipinski definition) is 5. The molecule has 0 aliphatic heterocycles. The Morgan fingerprint density at radius 3 is 2.56 bits per heavy atom. The van der Waals surface area contributed by atoms with Gasteiger partial charge in [-0.25, -0.2) is 0 Å². The predicted molar refractivity (Wildman–Crippen MR) is 93.7 cm³/mol. The lowest BCUT2D eigenvalue weighted by Gasteiger charge is -2.00. The average Bonchev–Trinajstić information content (AvgIpc) is 2.61. The zero-order chi connectivity index (χ0) is 18.0. The third kappa shape index (κ3) is 3.37. The number of nitro groups is 1. The Hall–Kier alpha value is -3.54. The summed E-state index contributed by atoms with van der Waals surface area (Å²) in [6, 6.07) is 10.6. The van der Waals surface area contributed by atoms with Crippen molar-refractivity contribution in [2.24, 2.45) is 0 Å². The fraction of sp³-hybridized carbons (Fsp3) is 0.0526. The standard InChI is InChI=1S/C19H13NO5/c1-12-2-9-18-16(10-12)19(22)14(11-25-18)5-8-17(21)13-3-6-15(7-4-13)20(23)24/h2-11H,1H3/b8-5+. The van der Waals surface area contributed by atoms with Crippen LogP contribution in [0.25, 0.3) is 17.0 Å². The number of ketones is 1. The molecule has 0 unspecified atom stereocenters. The number of nitrogens with zero attached hydrogens (tertiary/aromatic N) is 1. The molecule has 0 saturated carbocycles. The quantitative estimate of drug-likeness (QED) is 0.312. The molecule has 2 aromatic carbocycles. The first-order chi connectivity index (χ1) is 12.0. The minimum absolute atomic E-state index is 0.0916. The van der Waals surface area contributed by atoms with Crippen molar-refractivity contribution in [2.45, 2.75) is 6.92 Å². The van der Waals surface area contributed by atoms with Crippen LogP contribution in [-0.2, 0) is 0 Å². The number of rotatable bonds is 4. The lowest BCUT2D eigenvalue weighted by Crippen LogP contribution is -2.05. The van der Waals surface area contributed by atoms with Gasteiger partial charge in [0.1, 0.15) is 11.8 Å². The SMILES string of the molecule is Cc1ccc2occ(/C=C/C(=O)c3ccc([N+](=O)[O-])cc3)c(=O)c2c1. The topological polar surface area (TPSA) is 90.4 Å². The predicted octanol–water partition coefficient (Wildman–Crippen LogP) is 3.91. The molecule has 6 nitrogen and oxygen atoms in total. The molecular weight excluding hydrogens is 322 g/mol. The number of aryl methyl sites for hydroxylation is 1. The molecule has 0 atom stereocenters. The molecule has 0 N–H and O–H groups in total. The number of benzene rings is 2. The summed E-state index contributed by atoms with van der Waals surface area (Å²) >= 11 is 0. The van der Waals surface area contributed by atoms with Crippen LogP contribution in [0.3, 0.4) is 0 Å². The van der Waals surface area contributed by atoms with E-state index in [9.17, 15) is 19.7 Å². The maximum atomic E-state index is 12.5. The molecule has 1 aromatic heterocycles. The van der Waals surface area contributed by atoms with Gasteiger partial charge in [-0.15, -0.1) is 0 Å². The van der Waals surface area contributed by atoms with Gasteiger partial charge in [0.05, 0.1) is 15.9 Å². The summed E-state index contributed by atoms with van der Waals surface area (Å²) in [7, 11) is 0. The van der Waals surface area contributed by atoms with E-state index in [2.05, 4.69) is 0 Å². The second-order valence-corrected chi connectivity index (χ2v) is 5.52. The summed E-state index contributed by atoms with van der Waals surface area (Å²) in [5.41, 5.74) is 1.65. The Kier molecular flexibility index (Phi) is 4.26. The summed E-state index contributed by atoms with van der Waals surface area (Å²) in [6.45, 7) is 1.87. The van der Waals surface area contributed by atoms with Gasteiger partial charge in [0.2, 0.25) is 0 Å². The molecular formula is C19H13NO5. The van der Waals surface area contributed by atoms with Gasteiger partial charge in [-0.05, 0) is 43.3 Å². The van der Waals surface area contributed by atoms with Gasteiger partial charge in [-0.2, -0.15) is 0 Å². The Labute approximate surface area is 142 Å². The van der Waals surface area contributed by atoms with Gasteiger partial charge >= 0.3 is 0 Å². The smallest absolute Gasteiger partial charge is 0.269 e. The van der Waals surface area contributed by atoms with Crippen molar-refractivity contribution >= 4 is 28.5 Å². The van der Waals surface area contributed by atoms with E-state index in [0.29, 0.717) is 16.5 Å². The van der Waals surface area contributed by atoms with Crippen molar-refractivity contribution in [1.29, 1.82) is 0 Å². The Morgan fingerprint density at radius 2 is 1.88 bits per heavy atom. The summed E-state index contributed by atoms with van der Waals surface area (Å²) < 4.78 is 5.42. The molecule has 0 aliphatic carbocycles. The van der Waals surface area contributed by atoms with Crippen molar-refractivity contribution < 1.29 is 14.1 Å². The van der Waals surface area contributed by atoms with Crippen molar-refractivity contribution in [3.63, 3.8) is 0 Å². The van der Waals surface area contributed by atoms with Crippen LogP contribution in [0.4, 0.5) is 5.69 Å². The first-order valence-electron chi connectivity index (χ1n) is 7.45. The third-order valence-corrected chi connectivity index (χ3v) is 3.73. The van der Waals surface area contributed by atoms with Gasteiger partial charge in [-0.1, -0.05) is 11.6 Å². The highest BCUT2D eigenvalue weighted by atomic mass is 16.6. The number of non-ortho nitro benzene ring substituents is 1. The fourth-order valence-corrected chi connectivity index (χ4v) is 2.38. The van der Waals surface area contributed by atoms with E-state index in [4.69, 9.17) is 4.42 Å². The summed E-state index contributed by atoms with van der Waals surface area (Å²) in [5.74, 6) is -0.362. The van der Waals surface area contributed by atoms with Crippen LogP contribution in [0, 0.1) is 17.0 Å². The number of hydrogen-bond donors (Lipinski definition) is 0. The second kappa shape index (κ2) is 6.52. The normalized spacial score (nSPS) is 11.1. The van der Waals surface area contributed by atoms with Crippen molar-refractivity contribution in [3.8, 4) is 0 Å². The maximum Gasteiger partial charge on any atom is 0.269 e. The van der Waals surface area contributed by atoms with E-state index in [0.717, 1.165) is 5.56 Å². The van der Waals surface area contributed by atoms with Crippen molar-refractivity contribution in [2.75, 3.05) is 0 Å². The lowest BCUT2D eigenvalue weighted by molar-refractivity contribution is -0.384. The Balaban J connectivity index is 1.89. The molecule has 3 aromatic rings. The summed E-state index contributed by atoms with van der Waals surface area (Å²) in [5, 5.41) is 11.1. The van der Waals surface area contributed by atoms with Crippen LogP contribution in [0.15, 0.2) is 64.0 Å². The second-order valence-electron chi connectivity index (χ2n) is 5.52. The number of carbonyl (C=O) groups is 1. The molecule has 3 rings (SSSR count). The highest BCUT2D eigenvalue weighted by molar-refractivity contribution is 6.07. The average molecular weight is 335 g/mol. The van der Waals surface area contributed by atoms with Gasteiger partial charge in [0.25, 0.3) is 5.69 Å². The molecule has 1 heterocycles. The molecule has 0 fully saturated rings. The van der Waals surface area contributed by atoms with E-state index in [-0.39, 0.29) is 22.5 Å². The zero-order valence-electron chi connectivity index (χ0n) is 13.3. The van der Waals surface area contributed by atoms with Crippen LogP contribution in [0.1, 0.15) is 21.5 Å². The number of nitro benzene ring substituents is 1. The highest BCUT2D eigenvalue weighted by Gasteiger charge is 2.09. The zero-order valence-corrected chi connectivity index (χ0v) is 13.3. The lowest BCUT2D eigenvalue weighted by atomic mass is 10.1. The fourth-order valence-electron chi connectivity index (χ4n) is 2.38. The largest absolute Gasteiger partial charge is 0.463 e. The van der Waals surface area contributed by atoms with E-state index in [1.165, 1.54) is 42.7 Å². The first kappa shape index (κ1) is 16.3. The van der Waals surface area contributed by atoms with Crippen LogP contribution < -0.4 is 5.43 Å². The molecule has 0 saturated heterocycles. The molecule has 0 spiro atoms. The molecule has 0 bridgehead atoms. The van der Waals surface area contributed by atoms with Crippen molar-refractivity contribution in [1.82, 2.24) is 0 Å². The van der Waals surface area contributed by atoms with Gasteiger partial charge in [0, 0.05) is 17.7 Å². The Bertz CT molecular complexity index is 1060. The summed E-state index contributed by atoms with van der Waals surface area (Å²) in [4.78, 5) is 34.7. The van der Waals surface area contributed by atoms with Crippen LogP contribution >= 0.6 is 0 Å². The minimum Gasteiger partial charge on any atom is -0.463 e. The van der Waals surface area contributed by atoms with Crippen LogP contribution in [0.5, 0.6) is 0 Å².